The lowest BCUT2D eigenvalue weighted by molar-refractivity contribution is 0.0656. The summed E-state index contributed by atoms with van der Waals surface area (Å²) in [5, 5.41) is 0.653. The maximum atomic E-state index is 12.6. The van der Waals surface area contributed by atoms with Crippen LogP contribution in [0.4, 0.5) is 0 Å². The number of H-pyrrole nitrogens is 1. The molecule has 5 rings (SSSR count). The number of likely N-dealkylation sites (tertiary alicyclic amines) is 2. The summed E-state index contributed by atoms with van der Waals surface area (Å²) in [7, 11) is 0. The van der Waals surface area contributed by atoms with Crippen molar-refractivity contribution in [1.82, 2.24) is 24.3 Å². The number of hydrogen-bond acceptors (Lipinski definition) is 4. The monoisotopic (exact) mass is 439 g/mol. The Morgan fingerprint density at radius 2 is 1.81 bits per heavy atom. The molecule has 2 fully saturated rings. The van der Waals surface area contributed by atoms with Crippen molar-refractivity contribution in [2.45, 2.75) is 50.7 Å². The van der Waals surface area contributed by atoms with E-state index >= 15 is 0 Å². The number of aromatic amines is 1. The van der Waals surface area contributed by atoms with E-state index in [1.54, 1.807) is 0 Å². The molecule has 2 aliphatic rings. The molecule has 1 N–H and O–H groups in total. The molecule has 0 aliphatic carbocycles. The van der Waals surface area contributed by atoms with Gasteiger partial charge < -0.3 is 9.88 Å². The summed E-state index contributed by atoms with van der Waals surface area (Å²) in [6, 6.07) is 11.2. The number of nitrogens with zero attached hydrogens (tertiary/aromatic N) is 4. The highest BCUT2D eigenvalue weighted by Gasteiger charge is 2.31. The molecular weight excluding hydrogens is 410 g/mol. The van der Waals surface area contributed by atoms with Crippen molar-refractivity contribution in [3.8, 4) is 0 Å². The van der Waals surface area contributed by atoms with Crippen LogP contribution in [0.5, 0.6) is 0 Å². The van der Waals surface area contributed by atoms with Crippen LogP contribution < -0.4 is 5.69 Å². The number of halogens is 1. The van der Waals surface area contributed by atoms with Crippen LogP contribution in [0, 0.1) is 0 Å². The van der Waals surface area contributed by atoms with Gasteiger partial charge in [-0.1, -0.05) is 17.7 Å². The van der Waals surface area contributed by atoms with E-state index < -0.39 is 0 Å². The van der Waals surface area contributed by atoms with E-state index in [-0.39, 0.29) is 11.7 Å². The van der Waals surface area contributed by atoms with Gasteiger partial charge in [0.2, 0.25) is 0 Å². The summed E-state index contributed by atoms with van der Waals surface area (Å²) in [4.78, 5) is 25.1. The maximum Gasteiger partial charge on any atom is 0.326 e. The van der Waals surface area contributed by atoms with Gasteiger partial charge in [0.1, 0.15) is 0 Å². The summed E-state index contributed by atoms with van der Waals surface area (Å²) in [6.45, 7) is 6.65. The van der Waals surface area contributed by atoms with Gasteiger partial charge in [-0.3, -0.25) is 14.5 Å². The Hall–Kier alpha value is -2.15. The van der Waals surface area contributed by atoms with Crippen LogP contribution in [-0.4, -0.2) is 56.6 Å². The summed E-state index contributed by atoms with van der Waals surface area (Å²) in [5.74, 6) is 0. The van der Waals surface area contributed by atoms with Crippen molar-refractivity contribution in [2.24, 2.45) is 0 Å². The Labute approximate surface area is 187 Å². The first-order chi connectivity index (χ1) is 15.1. The highest BCUT2D eigenvalue weighted by Crippen LogP contribution is 2.30. The van der Waals surface area contributed by atoms with Crippen molar-refractivity contribution < 1.29 is 0 Å². The standard InChI is InChI=1S/C24H30ClN5O/c1-17(18-3-2-10-26-16-18)28-11-6-20(7-12-28)29-13-8-21(9-14-29)30-23-5-4-19(25)15-22(23)27-24(30)31/h2-5,10,15-17,20-21H,6-9,11-14H2,1H3,(H,27,31)/t17-/m1/s1. The number of benzene rings is 1. The molecule has 0 spiro atoms. The minimum Gasteiger partial charge on any atom is -0.305 e. The zero-order chi connectivity index (χ0) is 21.4. The number of hydrogen-bond donors (Lipinski definition) is 1. The second-order valence-electron chi connectivity index (χ2n) is 8.96. The van der Waals surface area contributed by atoms with Crippen molar-refractivity contribution in [3.63, 3.8) is 0 Å². The van der Waals surface area contributed by atoms with Crippen LogP contribution in [0.25, 0.3) is 11.0 Å². The Kier molecular flexibility index (Phi) is 5.87. The zero-order valence-corrected chi connectivity index (χ0v) is 18.8. The number of pyridine rings is 1. The molecule has 0 bridgehead atoms. The average molecular weight is 440 g/mol. The average Bonchev–Trinajstić information content (AvgIpc) is 3.14. The first kappa shape index (κ1) is 20.7. The fourth-order valence-corrected chi connectivity index (χ4v) is 5.62. The Morgan fingerprint density at radius 3 is 2.52 bits per heavy atom. The van der Waals surface area contributed by atoms with Crippen LogP contribution >= 0.6 is 11.6 Å². The Morgan fingerprint density at radius 1 is 1.06 bits per heavy atom. The van der Waals surface area contributed by atoms with Gasteiger partial charge in [-0.25, -0.2) is 4.79 Å². The van der Waals surface area contributed by atoms with Crippen molar-refractivity contribution >= 4 is 22.6 Å². The predicted molar refractivity (Wildman–Crippen MR) is 125 cm³/mol. The second-order valence-corrected chi connectivity index (χ2v) is 9.39. The molecule has 2 aliphatic heterocycles. The van der Waals surface area contributed by atoms with E-state index in [0.717, 1.165) is 50.1 Å². The predicted octanol–water partition coefficient (Wildman–Crippen LogP) is 4.24. The van der Waals surface area contributed by atoms with Crippen LogP contribution in [-0.2, 0) is 0 Å². The summed E-state index contributed by atoms with van der Waals surface area (Å²) in [5.41, 5.74) is 3.07. The highest BCUT2D eigenvalue weighted by molar-refractivity contribution is 6.31. The smallest absolute Gasteiger partial charge is 0.305 e. The first-order valence-corrected chi connectivity index (χ1v) is 11.8. The molecule has 0 unspecified atom stereocenters. The first-order valence-electron chi connectivity index (χ1n) is 11.4. The summed E-state index contributed by atoms with van der Waals surface area (Å²) >= 11 is 6.09. The van der Waals surface area contributed by atoms with Gasteiger partial charge in [0.15, 0.2) is 0 Å². The van der Waals surface area contributed by atoms with E-state index in [1.807, 2.05) is 41.2 Å². The molecule has 0 amide bonds. The second kappa shape index (κ2) is 8.77. The molecule has 31 heavy (non-hydrogen) atoms. The van der Waals surface area contributed by atoms with Gasteiger partial charge >= 0.3 is 5.69 Å². The quantitative estimate of drug-likeness (QED) is 0.660. The number of fused-ring (bicyclic) bond motifs is 1. The van der Waals surface area contributed by atoms with Crippen molar-refractivity contribution in [3.05, 3.63) is 63.8 Å². The minimum absolute atomic E-state index is 0.0200. The molecule has 164 valence electrons. The molecule has 0 radical (unpaired) electrons. The van der Waals surface area contributed by atoms with Crippen molar-refractivity contribution in [2.75, 3.05) is 26.2 Å². The largest absolute Gasteiger partial charge is 0.326 e. The number of aromatic nitrogens is 3. The van der Waals surface area contributed by atoms with Crippen LogP contribution in [0.1, 0.15) is 50.3 Å². The lowest BCUT2D eigenvalue weighted by atomic mass is 9.96. The fraction of sp³-hybridized carbons (Fsp3) is 0.500. The Bertz CT molecular complexity index is 1080. The van der Waals surface area contributed by atoms with Crippen LogP contribution in [0.15, 0.2) is 47.5 Å². The van der Waals surface area contributed by atoms with E-state index in [0.29, 0.717) is 17.1 Å². The zero-order valence-electron chi connectivity index (χ0n) is 18.0. The van der Waals surface area contributed by atoms with Gasteiger partial charge in [0, 0.05) is 61.7 Å². The summed E-state index contributed by atoms with van der Waals surface area (Å²) in [6.07, 6.45) is 8.28. The molecule has 2 saturated heterocycles. The van der Waals surface area contributed by atoms with E-state index in [2.05, 4.69) is 32.8 Å². The van der Waals surface area contributed by atoms with Crippen molar-refractivity contribution in [1.29, 1.82) is 0 Å². The van der Waals surface area contributed by atoms with Gasteiger partial charge in [-0.15, -0.1) is 0 Å². The summed E-state index contributed by atoms with van der Waals surface area (Å²) < 4.78 is 1.95. The topological polar surface area (TPSA) is 57.2 Å². The Balaban J connectivity index is 1.19. The number of imidazole rings is 1. The molecule has 6 nitrogen and oxygen atoms in total. The molecule has 0 saturated carbocycles. The molecule has 1 atom stereocenters. The fourth-order valence-electron chi connectivity index (χ4n) is 5.45. The lowest BCUT2D eigenvalue weighted by Gasteiger charge is -2.43. The SMILES string of the molecule is C[C@H](c1cccnc1)N1CCC(N2CCC(n3c(=O)[nH]c4cc(Cl)ccc43)CC2)CC1. The van der Waals surface area contributed by atoms with E-state index in [4.69, 9.17) is 11.6 Å². The lowest BCUT2D eigenvalue weighted by Crippen LogP contribution is -2.48. The molecule has 2 aromatic heterocycles. The number of piperidine rings is 2. The minimum atomic E-state index is -0.0200. The van der Waals surface area contributed by atoms with Gasteiger partial charge in [-0.05, 0) is 62.4 Å². The molecular formula is C24H30ClN5O. The molecule has 1 aromatic carbocycles. The van der Waals surface area contributed by atoms with E-state index in [9.17, 15) is 4.79 Å². The third-order valence-electron chi connectivity index (χ3n) is 7.27. The van der Waals surface area contributed by atoms with Crippen LogP contribution in [0.2, 0.25) is 5.02 Å². The normalized spacial score (nSPS) is 21.0. The third-order valence-corrected chi connectivity index (χ3v) is 7.51. The van der Waals surface area contributed by atoms with Gasteiger partial charge in [0.05, 0.1) is 11.0 Å². The number of rotatable bonds is 4. The molecule has 3 aromatic rings. The number of nitrogens with one attached hydrogen (secondary N) is 1. The van der Waals surface area contributed by atoms with Gasteiger partial charge in [0.25, 0.3) is 0 Å². The third kappa shape index (κ3) is 4.16. The highest BCUT2D eigenvalue weighted by atomic mass is 35.5. The molecule has 4 heterocycles. The molecule has 7 heteroatoms. The van der Waals surface area contributed by atoms with Crippen LogP contribution in [0.3, 0.4) is 0 Å². The maximum absolute atomic E-state index is 12.6. The van der Waals surface area contributed by atoms with Gasteiger partial charge in [-0.2, -0.15) is 0 Å². The van der Waals surface area contributed by atoms with E-state index in [1.165, 1.54) is 18.4 Å².